The lowest BCUT2D eigenvalue weighted by Gasteiger charge is -2.12. The van der Waals surface area contributed by atoms with Crippen molar-refractivity contribution in [2.45, 2.75) is 25.7 Å². The van der Waals surface area contributed by atoms with Gasteiger partial charge in [-0.25, -0.2) is 4.79 Å². The van der Waals surface area contributed by atoms with Crippen LogP contribution in [0.4, 0.5) is 0 Å². The van der Waals surface area contributed by atoms with Gasteiger partial charge in [-0.15, -0.1) is 0 Å². The van der Waals surface area contributed by atoms with Crippen molar-refractivity contribution in [1.29, 1.82) is 0 Å². The van der Waals surface area contributed by atoms with Gasteiger partial charge in [-0.2, -0.15) is 0 Å². The van der Waals surface area contributed by atoms with Crippen molar-refractivity contribution < 1.29 is 24.5 Å². The summed E-state index contributed by atoms with van der Waals surface area (Å²) in [4.78, 5) is 11.1. The normalized spacial score (nSPS) is 10.2. The van der Waals surface area contributed by atoms with Crippen molar-refractivity contribution in [1.82, 2.24) is 0 Å². The Labute approximate surface area is 112 Å². The highest BCUT2D eigenvalue weighted by atomic mass is 16.5. The molecule has 0 radical (unpaired) electrons. The van der Waals surface area contributed by atoms with Crippen LogP contribution >= 0.6 is 0 Å². The first-order valence-electron chi connectivity index (χ1n) is 6.34. The average molecular weight is 268 g/mol. The van der Waals surface area contributed by atoms with Gasteiger partial charge >= 0.3 is 5.97 Å². The Morgan fingerprint density at radius 2 is 1.95 bits per heavy atom. The molecule has 1 aromatic rings. The van der Waals surface area contributed by atoms with E-state index in [4.69, 9.17) is 19.7 Å². The number of carboxylic acid groups (broad SMARTS) is 1. The molecule has 0 spiro atoms. The number of aliphatic hydroxyl groups is 1. The molecule has 5 heteroatoms. The SMILES string of the molecule is COc1cccc(C(=O)O)c1OCCCCCCO. The lowest BCUT2D eigenvalue weighted by atomic mass is 10.2. The number of aromatic carboxylic acids is 1. The van der Waals surface area contributed by atoms with E-state index >= 15 is 0 Å². The summed E-state index contributed by atoms with van der Waals surface area (Å²) in [6, 6.07) is 4.79. The molecule has 0 amide bonds. The maximum atomic E-state index is 11.1. The van der Waals surface area contributed by atoms with Gasteiger partial charge in [-0.1, -0.05) is 12.5 Å². The number of aliphatic hydroxyl groups excluding tert-OH is 1. The summed E-state index contributed by atoms with van der Waals surface area (Å²) < 4.78 is 10.6. The highest BCUT2D eigenvalue weighted by Gasteiger charge is 2.15. The van der Waals surface area contributed by atoms with Gasteiger partial charge in [0.1, 0.15) is 5.56 Å². The van der Waals surface area contributed by atoms with Crippen LogP contribution in [0.3, 0.4) is 0 Å². The van der Waals surface area contributed by atoms with Crippen LogP contribution in [0.2, 0.25) is 0 Å². The molecule has 0 bridgehead atoms. The molecule has 0 aliphatic rings. The van der Waals surface area contributed by atoms with Crippen LogP contribution in [0.25, 0.3) is 0 Å². The summed E-state index contributed by atoms with van der Waals surface area (Å²) in [5, 5.41) is 17.7. The average Bonchev–Trinajstić information content (AvgIpc) is 2.42. The minimum atomic E-state index is -1.03. The van der Waals surface area contributed by atoms with E-state index in [2.05, 4.69) is 0 Å². The first kappa shape index (κ1) is 15.3. The van der Waals surface area contributed by atoms with Crippen LogP contribution in [0.15, 0.2) is 18.2 Å². The molecule has 1 aromatic carbocycles. The summed E-state index contributed by atoms with van der Waals surface area (Å²) in [5.74, 6) is -0.330. The molecule has 1 rings (SSSR count). The maximum Gasteiger partial charge on any atom is 0.339 e. The molecule has 0 unspecified atom stereocenters. The Morgan fingerprint density at radius 3 is 2.58 bits per heavy atom. The van der Waals surface area contributed by atoms with E-state index in [9.17, 15) is 4.79 Å². The number of hydrogen-bond acceptors (Lipinski definition) is 4. The Kier molecular flexibility index (Phi) is 6.74. The predicted octanol–water partition coefficient (Wildman–Crippen LogP) is 2.32. The molecular weight excluding hydrogens is 248 g/mol. The molecule has 2 N–H and O–H groups in total. The number of ether oxygens (including phenoxy) is 2. The van der Waals surface area contributed by atoms with Crippen molar-refractivity contribution in [3.8, 4) is 11.5 Å². The number of carbonyl (C=O) groups is 1. The molecule has 0 aromatic heterocycles. The van der Waals surface area contributed by atoms with Crippen LogP contribution in [0, 0.1) is 0 Å². The quantitative estimate of drug-likeness (QED) is 0.672. The lowest BCUT2D eigenvalue weighted by Crippen LogP contribution is -2.06. The van der Waals surface area contributed by atoms with E-state index in [1.54, 1.807) is 12.1 Å². The second-order valence-corrected chi connectivity index (χ2v) is 4.13. The van der Waals surface area contributed by atoms with E-state index in [1.807, 2.05) is 0 Å². The van der Waals surface area contributed by atoms with Gasteiger partial charge in [0, 0.05) is 6.61 Å². The summed E-state index contributed by atoms with van der Waals surface area (Å²) >= 11 is 0. The molecule has 0 heterocycles. The van der Waals surface area contributed by atoms with Crippen LogP contribution in [0.5, 0.6) is 11.5 Å². The van der Waals surface area contributed by atoms with E-state index in [1.165, 1.54) is 13.2 Å². The van der Waals surface area contributed by atoms with Gasteiger partial charge in [-0.05, 0) is 31.4 Å². The van der Waals surface area contributed by atoms with E-state index in [0.717, 1.165) is 25.7 Å². The van der Waals surface area contributed by atoms with Crippen molar-refractivity contribution >= 4 is 5.97 Å². The first-order valence-corrected chi connectivity index (χ1v) is 6.34. The van der Waals surface area contributed by atoms with Crippen molar-refractivity contribution in [3.05, 3.63) is 23.8 Å². The van der Waals surface area contributed by atoms with E-state index in [0.29, 0.717) is 12.4 Å². The lowest BCUT2D eigenvalue weighted by molar-refractivity contribution is 0.0691. The topological polar surface area (TPSA) is 76.0 Å². The highest BCUT2D eigenvalue weighted by molar-refractivity contribution is 5.92. The zero-order chi connectivity index (χ0) is 14.1. The van der Waals surface area contributed by atoms with Gasteiger partial charge < -0.3 is 19.7 Å². The van der Waals surface area contributed by atoms with Gasteiger partial charge in [0.15, 0.2) is 11.5 Å². The molecule has 0 saturated heterocycles. The van der Waals surface area contributed by atoms with Crippen molar-refractivity contribution in [2.75, 3.05) is 20.3 Å². The van der Waals surface area contributed by atoms with E-state index in [-0.39, 0.29) is 17.9 Å². The molecule has 0 aliphatic heterocycles. The Hall–Kier alpha value is -1.75. The zero-order valence-corrected chi connectivity index (χ0v) is 11.1. The molecule has 19 heavy (non-hydrogen) atoms. The zero-order valence-electron chi connectivity index (χ0n) is 11.1. The smallest absolute Gasteiger partial charge is 0.339 e. The number of benzene rings is 1. The van der Waals surface area contributed by atoms with Crippen LogP contribution < -0.4 is 9.47 Å². The van der Waals surface area contributed by atoms with Crippen LogP contribution in [-0.2, 0) is 0 Å². The van der Waals surface area contributed by atoms with Gasteiger partial charge in [-0.3, -0.25) is 0 Å². The number of rotatable bonds is 9. The fourth-order valence-electron chi connectivity index (χ4n) is 1.74. The standard InChI is InChI=1S/C14H20O5/c1-18-12-8-6-7-11(14(16)17)13(12)19-10-5-3-2-4-9-15/h6-8,15H,2-5,9-10H2,1H3,(H,16,17). The fraction of sp³-hybridized carbons (Fsp3) is 0.500. The number of unbranched alkanes of at least 4 members (excludes halogenated alkanes) is 3. The number of hydrogen-bond donors (Lipinski definition) is 2. The molecule has 0 saturated carbocycles. The van der Waals surface area contributed by atoms with Crippen LogP contribution in [0.1, 0.15) is 36.0 Å². The predicted molar refractivity (Wildman–Crippen MR) is 71.0 cm³/mol. The van der Waals surface area contributed by atoms with Gasteiger partial charge in [0.05, 0.1) is 13.7 Å². The Morgan fingerprint density at radius 1 is 1.21 bits per heavy atom. The van der Waals surface area contributed by atoms with Crippen molar-refractivity contribution in [3.63, 3.8) is 0 Å². The van der Waals surface area contributed by atoms with Gasteiger partial charge in [0.2, 0.25) is 0 Å². The summed E-state index contributed by atoms with van der Waals surface area (Å²) in [6.45, 7) is 0.641. The number of methoxy groups -OCH3 is 1. The number of carboxylic acids is 1. The first-order chi connectivity index (χ1) is 9.20. The van der Waals surface area contributed by atoms with Crippen LogP contribution in [-0.4, -0.2) is 36.5 Å². The molecule has 0 aliphatic carbocycles. The third-order valence-corrected chi connectivity index (χ3v) is 2.73. The third-order valence-electron chi connectivity index (χ3n) is 2.73. The summed E-state index contributed by atoms with van der Waals surface area (Å²) in [6.07, 6.45) is 3.49. The highest BCUT2D eigenvalue weighted by Crippen LogP contribution is 2.31. The van der Waals surface area contributed by atoms with Gasteiger partial charge in [0.25, 0.3) is 0 Å². The summed E-state index contributed by atoms with van der Waals surface area (Å²) in [5.41, 5.74) is 0.106. The monoisotopic (exact) mass is 268 g/mol. The largest absolute Gasteiger partial charge is 0.493 e. The Bertz CT molecular complexity index is 403. The minimum Gasteiger partial charge on any atom is -0.493 e. The molecule has 106 valence electrons. The number of para-hydroxylation sites is 1. The fourth-order valence-corrected chi connectivity index (χ4v) is 1.74. The van der Waals surface area contributed by atoms with E-state index < -0.39 is 5.97 Å². The Balaban J connectivity index is 2.58. The molecular formula is C14H20O5. The van der Waals surface area contributed by atoms with Crippen molar-refractivity contribution in [2.24, 2.45) is 0 Å². The second kappa shape index (κ2) is 8.37. The second-order valence-electron chi connectivity index (χ2n) is 4.13. The third kappa shape index (κ3) is 4.79. The molecule has 5 nitrogen and oxygen atoms in total. The molecule has 0 atom stereocenters. The minimum absolute atomic E-state index is 0.106. The molecule has 0 fully saturated rings. The maximum absolute atomic E-state index is 11.1. The summed E-state index contributed by atoms with van der Waals surface area (Å²) in [7, 11) is 1.48.